The Kier molecular flexibility index (Phi) is 5.02. The van der Waals surface area contributed by atoms with Crippen LogP contribution >= 0.6 is 11.3 Å². The number of rotatable bonds is 5. The molecule has 0 radical (unpaired) electrons. The van der Waals surface area contributed by atoms with Gasteiger partial charge in [-0.3, -0.25) is 4.79 Å². The molecule has 3 heterocycles. The molecule has 1 aliphatic rings. The normalized spacial score (nSPS) is 14.6. The van der Waals surface area contributed by atoms with E-state index in [4.69, 9.17) is 0 Å². The van der Waals surface area contributed by atoms with Crippen molar-refractivity contribution in [2.75, 3.05) is 18.0 Å². The summed E-state index contributed by atoms with van der Waals surface area (Å²) in [7, 11) is 0. The van der Waals surface area contributed by atoms with Crippen molar-refractivity contribution in [2.45, 2.75) is 26.3 Å². The monoisotopic (exact) mass is 328 g/mol. The molecule has 0 aromatic carbocycles. The van der Waals surface area contributed by atoms with Gasteiger partial charge in [-0.2, -0.15) is 0 Å². The van der Waals surface area contributed by atoms with Crippen molar-refractivity contribution < 1.29 is 4.79 Å². The highest BCUT2D eigenvalue weighted by Gasteiger charge is 2.15. The van der Waals surface area contributed by atoms with Gasteiger partial charge in [0.15, 0.2) is 0 Å². The number of amides is 1. The Balaban J connectivity index is 1.60. The molecule has 0 saturated carbocycles. The molecule has 120 valence electrons. The van der Waals surface area contributed by atoms with E-state index in [0.29, 0.717) is 6.54 Å². The van der Waals surface area contributed by atoms with Crippen LogP contribution in [0.3, 0.4) is 0 Å². The minimum absolute atomic E-state index is 0.114. The molecule has 0 spiro atoms. The summed E-state index contributed by atoms with van der Waals surface area (Å²) < 4.78 is 0. The maximum absolute atomic E-state index is 11.9. The van der Waals surface area contributed by atoms with Gasteiger partial charge in [0.2, 0.25) is 11.9 Å². The van der Waals surface area contributed by atoms with Gasteiger partial charge in [0.05, 0.1) is 12.2 Å². The quantitative estimate of drug-likeness (QED) is 0.858. The second-order valence-electron chi connectivity index (χ2n) is 5.56. The minimum Gasteiger partial charge on any atom is -0.347 e. The molecule has 2 aromatic rings. The summed E-state index contributed by atoms with van der Waals surface area (Å²) >= 11 is 1.60. The first-order valence-electron chi connectivity index (χ1n) is 7.79. The van der Waals surface area contributed by atoms with Crippen molar-refractivity contribution in [3.05, 3.63) is 45.9 Å². The molecule has 1 saturated heterocycles. The van der Waals surface area contributed by atoms with Crippen molar-refractivity contribution in [1.29, 1.82) is 0 Å². The molecule has 0 unspecified atom stereocenters. The van der Waals surface area contributed by atoms with Gasteiger partial charge >= 0.3 is 0 Å². The fourth-order valence-electron chi connectivity index (χ4n) is 2.55. The van der Waals surface area contributed by atoms with Crippen LogP contribution in [0.1, 0.15) is 29.1 Å². The molecule has 1 amide bonds. The maximum atomic E-state index is 11.9. The van der Waals surface area contributed by atoms with Crippen molar-refractivity contribution in [3.8, 4) is 0 Å². The molecule has 0 bridgehead atoms. The Morgan fingerprint density at radius 3 is 2.96 bits per heavy atom. The van der Waals surface area contributed by atoms with E-state index >= 15 is 0 Å². The molecule has 2 aromatic heterocycles. The fraction of sp³-hybridized carbons (Fsp3) is 0.353. The van der Waals surface area contributed by atoms with Crippen LogP contribution in [0, 0.1) is 6.92 Å². The topological polar surface area (TPSA) is 58.1 Å². The zero-order chi connectivity index (χ0) is 16.1. The van der Waals surface area contributed by atoms with E-state index in [9.17, 15) is 4.79 Å². The number of carbonyl (C=O) groups excluding carboxylic acids is 1. The van der Waals surface area contributed by atoms with Crippen molar-refractivity contribution in [3.63, 3.8) is 0 Å². The lowest BCUT2D eigenvalue weighted by atomic mass is 10.3. The minimum atomic E-state index is -0.114. The van der Waals surface area contributed by atoms with Crippen LogP contribution in [0.25, 0.3) is 6.08 Å². The molecule has 3 rings (SSSR count). The lowest BCUT2D eigenvalue weighted by Gasteiger charge is -2.16. The second-order valence-corrected chi connectivity index (χ2v) is 6.54. The van der Waals surface area contributed by atoms with Crippen LogP contribution in [0.5, 0.6) is 0 Å². The number of hydrogen-bond acceptors (Lipinski definition) is 5. The third-order valence-electron chi connectivity index (χ3n) is 3.67. The number of carbonyl (C=O) groups is 1. The van der Waals surface area contributed by atoms with Crippen LogP contribution in [-0.4, -0.2) is 29.0 Å². The van der Waals surface area contributed by atoms with Crippen LogP contribution in [-0.2, 0) is 11.3 Å². The summed E-state index contributed by atoms with van der Waals surface area (Å²) in [5.74, 6) is 0.665. The standard InChI is InChI=1S/C17H20N4OS/c1-13-11-14(20-17(19-13)21-8-2-3-9-21)12-18-16(22)7-6-15-5-4-10-23-15/h4-7,10-11H,2-3,8-9,12H2,1H3,(H,18,22)/b7-6+. The van der Waals surface area contributed by atoms with E-state index < -0.39 is 0 Å². The molecule has 0 atom stereocenters. The Morgan fingerprint density at radius 2 is 2.22 bits per heavy atom. The predicted molar refractivity (Wildman–Crippen MR) is 93.4 cm³/mol. The Hall–Kier alpha value is -2.21. The summed E-state index contributed by atoms with van der Waals surface area (Å²) in [6.45, 7) is 4.40. The van der Waals surface area contributed by atoms with E-state index in [1.165, 1.54) is 12.8 Å². The van der Waals surface area contributed by atoms with Gasteiger partial charge in [0.25, 0.3) is 0 Å². The van der Waals surface area contributed by atoms with Crippen molar-refractivity contribution in [2.24, 2.45) is 0 Å². The highest BCUT2D eigenvalue weighted by Crippen LogP contribution is 2.16. The fourth-order valence-corrected chi connectivity index (χ4v) is 3.16. The Morgan fingerprint density at radius 1 is 1.39 bits per heavy atom. The SMILES string of the molecule is Cc1cc(CNC(=O)/C=C/c2cccs2)nc(N2CCCC2)n1. The van der Waals surface area contributed by atoms with Crippen LogP contribution < -0.4 is 10.2 Å². The maximum Gasteiger partial charge on any atom is 0.244 e. The summed E-state index contributed by atoms with van der Waals surface area (Å²) in [6.07, 6.45) is 5.76. The number of nitrogens with one attached hydrogen (secondary N) is 1. The van der Waals surface area contributed by atoms with Gasteiger partial charge in [-0.1, -0.05) is 6.07 Å². The van der Waals surface area contributed by atoms with Gasteiger partial charge in [-0.25, -0.2) is 9.97 Å². The van der Waals surface area contributed by atoms with Crippen molar-refractivity contribution in [1.82, 2.24) is 15.3 Å². The van der Waals surface area contributed by atoms with Crippen LogP contribution in [0.15, 0.2) is 29.7 Å². The molecular formula is C17H20N4OS. The molecule has 1 aliphatic heterocycles. The molecule has 5 nitrogen and oxygen atoms in total. The lowest BCUT2D eigenvalue weighted by Crippen LogP contribution is -2.24. The highest BCUT2D eigenvalue weighted by atomic mass is 32.1. The first-order valence-corrected chi connectivity index (χ1v) is 8.67. The average Bonchev–Trinajstić information content (AvgIpc) is 3.23. The molecule has 6 heteroatoms. The zero-order valence-electron chi connectivity index (χ0n) is 13.2. The van der Waals surface area contributed by atoms with Gasteiger partial charge in [0.1, 0.15) is 0 Å². The summed E-state index contributed by atoms with van der Waals surface area (Å²) in [4.78, 5) is 24.2. The first-order chi connectivity index (χ1) is 11.2. The average molecular weight is 328 g/mol. The summed E-state index contributed by atoms with van der Waals surface area (Å²) in [5.41, 5.74) is 1.78. The summed E-state index contributed by atoms with van der Waals surface area (Å²) in [5, 5.41) is 4.86. The number of aromatic nitrogens is 2. The van der Waals surface area contributed by atoms with E-state index in [0.717, 1.165) is 35.3 Å². The molecular weight excluding hydrogens is 308 g/mol. The van der Waals surface area contributed by atoms with E-state index in [-0.39, 0.29) is 5.91 Å². The van der Waals surface area contributed by atoms with E-state index in [1.54, 1.807) is 17.4 Å². The third-order valence-corrected chi connectivity index (χ3v) is 4.51. The van der Waals surface area contributed by atoms with Gasteiger partial charge < -0.3 is 10.2 Å². The lowest BCUT2D eigenvalue weighted by molar-refractivity contribution is -0.116. The summed E-state index contributed by atoms with van der Waals surface area (Å²) in [6, 6.07) is 5.86. The third kappa shape index (κ3) is 4.39. The highest BCUT2D eigenvalue weighted by molar-refractivity contribution is 7.10. The van der Waals surface area contributed by atoms with Gasteiger partial charge in [0, 0.05) is 29.7 Å². The van der Waals surface area contributed by atoms with Gasteiger partial charge in [-0.05, 0) is 43.4 Å². The van der Waals surface area contributed by atoms with E-state index in [1.807, 2.05) is 36.6 Å². The zero-order valence-corrected chi connectivity index (χ0v) is 14.0. The second kappa shape index (κ2) is 7.37. The van der Waals surface area contributed by atoms with Gasteiger partial charge in [-0.15, -0.1) is 11.3 Å². The number of hydrogen-bond donors (Lipinski definition) is 1. The Labute approximate surface area is 140 Å². The molecule has 0 aliphatic carbocycles. The van der Waals surface area contributed by atoms with Crippen molar-refractivity contribution >= 4 is 29.3 Å². The number of thiophene rings is 1. The molecule has 23 heavy (non-hydrogen) atoms. The molecule has 1 N–H and O–H groups in total. The number of aryl methyl sites for hydroxylation is 1. The smallest absolute Gasteiger partial charge is 0.244 e. The largest absolute Gasteiger partial charge is 0.347 e. The number of anilines is 1. The first kappa shape index (κ1) is 15.7. The van der Waals surface area contributed by atoms with Crippen LogP contribution in [0.4, 0.5) is 5.95 Å². The predicted octanol–water partition coefficient (Wildman–Crippen LogP) is 2.78. The van der Waals surface area contributed by atoms with E-state index in [2.05, 4.69) is 20.2 Å². The van der Waals surface area contributed by atoms with Crippen LogP contribution in [0.2, 0.25) is 0 Å². The Bertz CT molecular complexity index is 691. The molecule has 1 fully saturated rings. The number of nitrogens with zero attached hydrogens (tertiary/aromatic N) is 3.